The molecule has 3 nitrogen and oxygen atoms in total. The molecule has 0 N–H and O–H groups in total. The zero-order valence-electron chi connectivity index (χ0n) is 48.2. The standard InChI is InChI=1S/C76H74N3.Ir/c1-74(2,3)50-57-37-40-77-71(46-57)63-27-23-53(24-28-63)19-21-55-43-56(22-20-54-25-29-64(30-26-54)72-47-58(38-41-78-72)51-75(4,5)6)45-66(44-55)67-17-13-14-18-68(67)69-36-35-65(73-48-59(39-42-79-73)52-76(7,8)9)49-70(69)62-33-31-61(32-34-62)60-15-11-10-12-16-60;/h10-18,23-27,29,31-34,36-49H,19-22,50-52H2,1-9H3;/q-3;+3. The van der Waals surface area contributed by atoms with E-state index in [-0.39, 0.29) is 36.4 Å². The maximum Gasteiger partial charge on any atom is 3.00 e. The van der Waals surface area contributed by atoms with Gasteiger partial charge in [0.15, 0.2) is 0 Å². The maximum atomic E-state index is 4.92. The summed E-state index contributed by atoms with van der Waals surface area (Å²) in [5.41, 5.74) is 24.9. The smallest absolute Gasteiger partial charge is 0.305 e. The molecule has 0 bridgehead atoms. The molecule has 4 heteroatoms. The fourth-order valence-electron chi connectivity index (χ4n) is 10.9. The van der Waals surface area contributed by atoms with Gasteiger partial charge < -0.3 is 15.0 Å². The second kappa shape index (κ2) is 25.0. The van der Waals surface area contributed by atoms with E-state index in [9.17, 15) is 0 Å². The summed E-state index contributed by atoms with van der Waals surface area (Å²) in [7, 11) is 0. The van der Waals surface area contributed by atoms with Crippen molar-refractivity contribution in [1.29, 1.82) is 0 Å². The van der Waals surface area contributed by atoms with Crippen LogP contribution in [0.1, 0.15) is 101 Å². The van der Waals surface area contributed by atoms with E-state index in [4.69, 9.17) is 15.0 Å². The minimum atomic E-state index is 0. The topological polar surface area (TPSA) is 38.7 Å². The van der Waals surface area contributed by atoms with Crippen LogP contribution in [0.15, 0.2) is 201 Å². The summed E-state index contributed by atoms with van der Waals surface area (Å²) in [5.74, 6) is 0. The average Bonchev–Trinajstić information content (AvgIpc) is 3.43. The zero-order valence-corrected chi connectivity index (χ0v) is 50.6. The number of aromatic nitrogens is 3. The SMILES string of the molecule is CC(C)(C)Cc1ccnc(-c2[c-]cc(CCc3cc(CCc4c[c-]c(-c5cc(CC(C)(C)C)ccn5)cc4)cc(-c4ccccc4-c4c[c-]c(-c5cc(CC(C)(C)C)ccn5)cc4-c4ccc(-c5ccccc5)cc4)c3)cc2)c1.[Ir+3]. The Kier molecular flexibility index (Phi) is 17.9. The van der Waals surface area contributed by atoms with Crippen LogP contribution in [0.5, 0.6) is 0 Å². The Labute approximate surface area is 491 Å². The van der Waals surface area contributed by atoms with Crippen LogP contribution in [-0.4, -0.2) is 15.0 Å². The normalized spacial score (nSPS) is 11.8. The minimum absolute atomic E-state index is 0. The van der Waals surface area contributed by atoms with Gasteiger partial charge in [-0.3, -0.25) is 0 Å². The van der Waals surface area contributed by atoms with Crippen LogP contribution in [0.25, 0.3) is 78.3 Å². The van der Waals surface area contributed by atoms with Gasteiger partial charge in [-0.2, -0.15) is 0 Å². The second-order valence-electron chi connectivity index (χ2n) is 25.3. The van der Waals surface area contributed by atoms with E-state index in [0.717, 1.165) is 95.4 Å². The number of rotatable bonds is 16. The predicted molar refractivity (Wildman–Crippen MR) is 332 cm³/mol. The molecule has 0 spiro atoms. The fourth-order valence-corrected chi connectivity index (χ4v) is 10.9. The summed E-state index contributed by atoms with van der Waals surface area (Å²) in [6, 6.07) is 77.6. The fraction of sp³-hybridized carbons (Fsp3) is 0.250. The van der Waals surface area contributed by atoms with Gasteiger partial charge >= 0.3 is 20.1 Å². The van der Waals surface area contributed by atoms with Gasteiger partial charge in [0.05, 0.1) is 0 Å². The average molecular weight is 1220 g/mol. The van der Waals surface area contributed by atoms with Crippen molar-refractivity contribution in [3.05, 3.63) is 258 Å². The third kappa shape index (κ3) is 15.3. The molecule has 0 saturated carbocycles. The third-order valence-electron chi connectivity index (χ3n) is 14.5. The number of hydrogen-bond donors (Lipinski definition) is 0. The quantitative estimate of drug-likeness (QED) is 0.0905. The van der Waals surface area contributed by atoms with Gasteiger partial charge in [-0.05, 0) is 123 Å². The van der Waals surface area contributed by atoms with Crippen LogP contribution in [0.3, 0.4) is 0 Å². The Morgan fingerprint density at radius 1 is 0.300 bits per heavy atom. The molecular formula is C76H74IrN3. The molecule has 0 saturated heterocycles. The zero-order chi connectivity index (χ0) is 55.2. The number of pyridine rings is 3. The van der Waals surface area contributed by atoms with Crippen molar-refractivity contribution in [3.8, 4) is 78.3 Å². The molecule has 0 amide bonds. The first-order chi connectivity index (χ1) is 37.9. The minimum Gasteiger partial charge on any atom is -0.305 e. The molecule has 10 rings (SSSR count). The summed E-state index contributed by atoms with van der Waals surface area (Å²) < 4.78 is 0. The molecule has 0 aliphatic rings. The van der Waals surface area contributed by atoms with Gasteiger partial charge in [-0.15, -0.1) is 94.5 Å². The first-order valence-electron chi connectivity index (χ1n) is 28.3. The number of hydrogen-bond acceptors (Lipinski definition) is 3. The van der Waals surface area contributed by atoms with Gasteiger partial charge in [0, 0.05) is 18.6 Å². The molecule has 3 heterocycles. The number of benzene rings is 7. The number of aryl methyl sites for hydroxylation is 4. The molecule has 402 valence electrons. The molecule has 3 aromatic heterocycles. The Balaban J connectivity index is 0.00000774. The van der Waals surface area contributed by atoms with Gasteiger partial charge in [0.1, 0.15) is 0 Å². The van der Waals surface area contributed by atoms with Gasteiger partial charge in [-0.1, -0.05) is 224 Å². The first-order valence-corrected chi connectivity index (χ1v) is 28.3. The summed E-state index contributed by atoms with van der Waals surface area (Å²) in [5, 5.41) is 0. The Morgan fingerprint density at radius 3 is 1.18 bits per heavy atom. The van der Waals surface area contributed by atoms with Crippen LogP contribution >= 0.6 is 0 Å². The summed E-state index contributed by atoms with van der Waals surface area (Å²) in [6.45, 7) is 20.5. The monoisotopic (exact) mass is 1220 g/mol. The van der Waals surface area contributed by atoms with Crippen molar-refractivity contribution in [2.24, 2.45) is 16.2 Å². The van der Waals surface area contributed by atoms with E-state index in [1.807, 2.05) is 18.6 Å². The van der Waals surface area contributed by atoms with Gasteiger partial charge in [0.25, 0.3) is 0 Å². The van der Waals surface area contributed by atoms with Crippen LogP contribution in [-0.2, 0) is 65.1 Å². The van der Waals surface area contributed by atoms with E-state index in [0.29, 0.717) is 0 Å². The summed E-state index contributed by atoms with van der Waals surface area (Å²) in [4.78, 5) is 14.4. The van der Waals surface area contributed by atoms with E-state index < -0.39 is 0 Å². The molecule has 0 atom stereocenters. The number of nitrogens with zero attached hydrogens (tertiary/aromatic N) is 3. The van der Waals surface area contributed by atoms with Crippen LogP contribution in [0, 0.1) is 34.4 Å². The Morgan fingerprint density at radius 2 is 0.713 bits per heavy atom. The van der Waals surface area contributed by atoms with Gasteiger partial charge in [-0.25, -0.2) is 0 Å². The second-order valence-corrected chi connectivity index (χ2v) is 25.3. The maximum absolute atomic E-state index is 4.92. The third-order valence-corrected chi connectivity index (χ3v) is 14.5. The summed E-state index contributed by atoms with van der Waals surface area (Å²) in [6.07, 6.45) is 12.4. The van der Waals surface area contributed by atoms with Crippen LogP contribution in [0.2, 0.25) is 0 Å². The molecule has 0 unspecified atom stereocenters. The summed E-state index contributed by atoms with van der Waals surface area (Å²) >= 11 is 0. The van der Waals surface area contributed by atoms with E-state index >= 15 is 0 Å². The molecular weight excluding hydrogens is 1150 g/mol. The van der Waals surface area contributed by atoms with Crippen molar-refractivity contribution >= 4 is 0 Å². The molecule has 0 aliphatic heterocycles. The molecule has 0 fully saturated rings. The Bertz CT molecular complexity index is 3540. The van der Waals surface area contributed by atoms with Gasteiger partial charge in [0.2, 0.25) is 0 Å². The predicted octanol–water partition coefficient (Wildman–Crippen LogP) is 19.3. The molecule has 80 heavy (non-hydrogen) atoms. The van der Waals surface area contributed by atoms with Crippen LogP contribution in [0.4, 0.5) is 0 Å². The van der Waals surface area contributed by atoms with Crippen molar-refractivity contribution in [1.82, 2.24) is 15.0 Å². The van der Waals surface area contributed by atoms with Crippen molar-refractivity contribution in [3.63, 3.8) is 0 Å². The van der Waals surface area contributed by atoms with Crippen molar-refractivity contribution in [2.75, 3.05) is 0 Å². The van der Waals surface area contributed by atoms with Crippen LogP contribution < -0.4 is 0 Å². The first kappa shape index (κ1) is 57.3. The molecule has 7 aromatic carbocycles. The van der Waals surface area contributed by atoms with E-state index in [2.05, 4.69) is 263 Å². The van der Waals surface area contributed by atoms with Crippen molar-refractivity contribution < 1.29 is 20.1 Å². The molecule has 0 radical (unpaired) electrons. The van der Waals surface area contributed by atoms with Crippen molar-refractivity contribution in [2.45, 2.75) is 107 Å². The van der Waals surface area contributed by atoms with E-state index in [1.165, 1.54) is 66.8 Å². The molecule has 0 aliphatic carbocycles. The molecule has 10 aromatic rings. The Hall–Kier alpha value is -7.36. The largest absolute Gasteiger partial charge is 3.00 e. The van der Waals surface area contributed by atoms with E-state index in [1.54, 1.807) is 0 Å².